The fourth-order valence-corrected chi connectivity index (χ4v) is 3.61. The van der Waals surface area contributed by atoms with Crippen LogP contribution in [0, 0.1) is 16.0 Å². The van der Waals surface area contributed by atoms with E-state index >= 15 is 0 Å². The summed E-state index contributed by atoms with van der Waals surface area (Å²) >= 11 is 0. The molecule has 0 spiro atoms. The molecule has 0 aromatic heterocycles. The number of anilines is 1. The third-order valence-electron chi connectivity index (χ3n) is 3.92. The van der Waals surface area contributed by atoms with Gasteiger partial charge in [0.2, 0.25) is 0 Å². The van der Waals surface area contributed by atoms with Crippen LogP contribution in [-0.2, 0) is 9.84 Å². The molecule has 1 atom stereocenters. The van der Waals surface area contributed by atoms with E-state index in [1.54, 1.807) is 12.1 Å². The summed E-state index contributed by atoms with van der Waals surface area (Å²) in [5, 5.41) is 11.4. The predicted molar refractivity (Wildman–Crippen MR) is 81.4 cm³/mol. The topological polar surface area (TPSA) is 80.5 Å². The molecule has 1 fully saturated rings. The molecule has 1 aromatic rings. The van der Waals surface area contributed by atoms with Crippen LogP contribution in [0.25, 0.3) is 0 Å². The average Bonchev–Trinajstić information content (AvgIpc) is 2.61. The van der Waals surface area contributed by atoms with Crippen LogP contribution >= 0.6 is 0 Å². The number of rotatable bonds is 3. The van der Waals surface area contributed by atoms with Crippen molar-refractivity contribution in [2.24, 2.45) is 5.92 Å². The second-order valence-electron chi connectivity index (χ2n) is 5.68. The van der Waals surface area contributed by atoms with Crippen molar-refractivity contribution in [1.82, 2.24) is 0 Å². The first kappa shape index (κ1) is 15.8. The largest absolute Gasteiger partial charge is 0.366 e. The molecular weight excluding hydrogens is 292 g/mol. The molecule has 1 unspecified atom stereocenters. The highest BCUT2D eigenvalue weighted by atomic mass is 32.2. The molecule has 1 heterocycles. The maximum absolute atomic E-state index is 11.8. The van der Waals surface area contributed by atoms with Crippen molar-refractivity contribution in [2.45, 2.75) is 31.1 Å². The summed E-state index contributed by atoms with van der Waals surface area (Å²) in [6.45, 7) is 3.61. The fourth-order valence-electron chi connectivity index (χ4n) is 2.75. The number of hydrogen-bond acceptors (Lipinski definition) is 5. The smallest absolute Gasteiger partial charge is 0.311 e. The molecule has 1 aliphatic rings. The summed E-state index contributed by atoms with van der Waals surface area (Å²) < 4.78 is 23.6. The van der Waals surface area contributed by atoms with E-state index < -0.39 is 14.8 Å². The Hall–Kier alpha value is -1.63. The first-order valence-electron chi connectivity index (χ1n) is 7.03. The van der Waals surface area contributed by atoms with Crippen LogP contribution in [0.3, 0.4) is 0 Å². The second-order valence-corrected chi connectivity index (χ2v) is 7.66. The summed E-state index contributed by atoms with van der Waals surface area (Å²) in [6.07, 6.45) is 4.02. The Balaban J connectivity index is 2.51. The lowest BCUT2D eigenvalue weighted by atomic mass is 10.0. The number of para-hydroxylation sites is 1. The maximum Gasteiger partial charge on any atom is 0.311 e. The third kappa shape index (κ3) is 3.53. The molecule has 0 aliphatic carbocycles. The van der Waals surface area contributed by atoms with E-state index in [1.165, 1.54) is 6.07 Å². The van der Waals surface area contributed by atoms with E-state index in [4.69, 9.17) is 0 Å². The summed E-state index contributed by atoms with van der Waals surface area (Å²) in [6, 6.07) is 4.52. The zero-order valence-corrected chi connectivity index (χ0v) is 13.1. The Bertz CT molecular complexity index is 642. The van der Waals surface area contributed by atoms with Crippen molar-refractivity contribution in [1.29, 1.82) is 0 Å². The minimum atomic E-state index is -3.63. The first-order valence-corrected chi connectivity index (χ1v) is 8.92. The van der Waals surface area contributed by atoms with Crippen molar-refractivity contribution in [3.8, 4) is 0 Å². The first-order chi connectivity index (χ1) is 9.80. The molecule has 21 heavy (non-hydrogen) atoms. The van der Waals surface area contributed by atoms with Gasteiger partial charge in [0.1, 0.15) is 10.6 Å². The standard InChI is InChI=1S/C14H20N2O4S/c1-11-5-4-9-15(10-8-11)12-6-3-7-13(21(2,19)20)14(12)16(17)18/h3,6-7,11H,4-5,8-10H2,1-2H3. The summed E-state index contributed by atoms with van der Waals surface area (Å²) in [7, 11) is -3.63. The highest BCUT2D eigenvalue weighted by molar-refractivity contribution is 7.90. The molecule has 7 heteroatoms. The van der Waals surface area contributed by atoms with E-state index in [0.717, 1.165) is 38.6 Å². The Kier molecular flexibility index (Phi) is 4.51. The number of sulfone groups is 1. The van der Waals surface area contributed by atoms with Gasteiger partial charge in [0.05, 0.1) is 4.92 Å². The van der Waals surface area contributed by atoms with E-state index in [-0.39, 0.29) is 10.6 Å². The normalized spacial score (nSPS) is 20.1. The molecule has 1 saturated heterocycles. The fraction of sp³-hybridized carbons (Fsp3) is 0.571. The van der Waals surface area contributed by atoms with Crippen LogP contribution < -0.4 is 4.90 Å². The highest BCUT2D eigenvalue weighted by Crippen LogP contribution is 2.36. The van der Waals surface area contributed by atoms with Crippen LogP contribution in [0.4, 0.5) is 11.4 Å². The van der Waals surface area contributed by atoms with Gasteiger partial charge in [-0.2, -0.15) is 0 Å². The summed E-state index contributed by atoms with van der Waals surface area (Å²) in [5.74, 6) is 0.590. The number of benzene rings is 1. The van der Waals surface area contributed by atoms with Gasteiger partial charge in [-0.15, -0.1) is 0 Å². The molecule has 0 saturated carbocycles. The van der Waals surface area contributed by atoms with Crippen LogP contribution in [0.15, 0.2) is 23.1 Å². The van der Waals surface area contributed by atoms with Gasteiger partial charge in [0.15, 0.2) is 9.84 Å². The zero-order chi connectivity index (χ0) is 15.6. The molecule has 1 aliphatic heterocycles. The van der Waals surface area contributed by atoms with Gasteiger partial charge in [-0.1, -0.05) is 13.0 Å². The lowest BCUT2D eigenvalue weighted by molar-refractivity contribution is -0.387. The predicted octanol–water partition coefficient (Wildman–Crippen LogP) is 2.62. The SMILES string of the molecule is CC1CCCN(c2cccc(S(C)(=O)=O)c2[N+](=O)[O-])CC1. The Labute approximate surface area is 124 Å². The minimum absolute atomic E-state index is 0.206. The van der Waals surface area contributed by atoms with Crippen LogP contribution in [0.1, 0.15) is 26.2 Å². The van der Waals surface area contributed by atoms with Crippen molar-refractivity contribution in [2.75, 3.05) is 24.2 Å². The summed E-state index contributed by atoms with van der Waals surface area (Å²) in [4.78, 5) is 12.5. The number of hydrogen-bond donors (Lipinski definition) is 0. The monoisotopic (exact) mass is 312 g/mol. The number of nitro groups is 1. The zero-order valence-electron chi connectivity index (χ0n) is 12.3. The van der Waals surface area contributed by atoms with Crippen LogP contribution in [-0.4, -0.2) is 32.7 Å². The van der Waals surface area contributed by atoms with Gasteiger partial charge in [0, 0.05) is 19.3 Å². The second kappa shape index (κ2) is 6.01. The Morgan fingerprint density at radius 1 is 1.29 bits per heavy atom. The lowest BCUT2D eigenvalue weighted by Crippen LogP contribution is -2.25. The molecule has 6 nitrogen and oxygen atoms in total. The molecule has 1 aromatic carbocycles. The van der Waals surface area contributed by atoms with E-state index in [2.05, 4.69) is 6.92 Å². The van der Waals surface area contributed by atoms with E-state index in [9.17, 15) is 18.5 Å². The van der Waals surface area contributed by atoms with E-state index in [1.807, 2.05) is 4.90 Å². The van der Waals surface area contributed by atoms with Crippen molar-refractivity contribution < 1.29 is 13.3 Å². The van der Waals surface area contributed by atoms with Gasteiger partial charge >= 0.3 is 5.69 Å². The Morgan fingerprint density at radius 3 is 2.62 bits per heavy atom. The van der Waals surface area contributed by atoms with Crippen LogP contribution in [0.5, 0.6) is 0 Å². The lowest BCUT2D eigenvalue weighted by Gasteiger charge is -2.23. The van der Waals surface area contributed by atoms with Gasteiger partial charge in [-0.05, 0) is 37.3 Å². The van der Waals surface area contributed by atoms with E-state index in [0.29, 0.717) is 11.6 Å². The molecular formula is C14H20N2O4S. The van der Waals surface area contributed by atoms with Gasteiger partial charge in [0.25, 0.3) is 0 Å². The highest BCUT2D eigenvalue weighted by Gasteiger charge is 2.29. The third-order valence-corrected chi connectivity index (χ3v) is 5.05. The molecule has 0 radical (unpaired) electrons. The number of nitrogens with zero attached hydrogens (tertiary/aromatic N) is 2. The van der Waals surface area contributed by atoms with Crippen molar-refractivity contribution in [3.05, 3.63) is 28.3 Å². The summed E-state index contributed by atoms with van der Waals surface area (Å²) in [5.41, 5.74) is 0.117. The Morgan fingerprint density at radius 2 is 2.00 bits per heavy atom. The van der Waals surface area contributed by atoms with Crippen molar-refractivity contribution >= 4 is 21.2 Å². The van der Waals surface area contributed by atoms with Crippen molar-refractivity contribution in [3.63, 3.8) is 0 Å². The molecule has 116 valence electrons. The molecule has 2 rings (SSSR count). The van der Waals surface area contributed by atoms with Crippen LogP contribution in [0.2, 0.25) is 0 Å². The number of nitro benzene ring substituents is 1. The molecule has 0 bridgehead atoms. The average molecular weight is 312 g/mol. The minimum Gasteiger partial charge on any atom is -0.366 e. The molecule has 0 amide bonds. The van der Waals surface area contributed by atoms with Gasteiger partial charge < -0.3 is 4.90 Å². The van der Waals surface area contributed by atoms with Gasteiger partial charge in [-0.25, -0.2) is 8.42 Å². The van der Waals surface area contributed by atoms with Gasteiger partial charge in [-0.3, -0.25) is 10.1 Å². The maximum atomic E-state index is 11.8. The molecule has 0 N–H and O–H groups in total. The quantitative estimate of drug-likeness (QED) is 0.633.